The van der Waals surface area contributed by atoms with Crippen LogP contribution in [0.4, 0.5) is 5.69 Å². The van der Waals surface area contributed by atoms with Gasteiger partial charge < -0.3 is 31.2 Å². The highest BCUT2D eigenvalue weighted by molar-refractivity contribution is 6.10. The van der Waals surface area contributed by atoms with Gasteiger partial charge in [0.15, 0.2) is 17.7 Å². The van der Waals surface area contributed by atoms with Gasteiger partial charge in [0, 0.05) is 17.7 Å². The van der Waals surface area contributed by atoms with E-state index < -0.39 is 0 Å². The van der Waals surface area contributed by atoms with Crippen LogP contribution >= 0.6 is 0 Å². The van der Waals surface area contributed by atoms with E-state index in [-0.39, 0.29) is 48.7 Å². The standard InChI is InChI=1S/C20H21N7O3/c21-17(28)14-9-1-2-10(5-9)15(14)25-19-16-18(23-7-22-16)26-20(27-19)24-11-3-4-12-13(6-11)30-8-29-12/h1-4,6-7,9-10,14-16,18H,5,8H2,(H2,21,28)(H,22,23)(H2,24,25,26,27). The van der Waals surface area contributed by atoms with Crippen LogP contribution in [0.5, 0.6) is 11.5 Å². The van der Waals surface area contributed by atoms with Crippen molar-refractivity contribution in [2.24, 2.45) is 38.5 Å². The van der Waals surface area contributed by atoms with E-state index in [2.05, 4.69) is 38.1 Å². The zero-order chi connectivity index (χ0) is 20.2. The Morgan fingerprint density at radius 1 is 1.23 bits per heavy atom. The van der Waals surface area contributed by atoms with Gasteiger partial charge in [-0.15, -0.1) is 0 Å². The number of primary amides is 1. The number of hydrogen-bond acceptors (Lipinski definition) is 8. The summed E-state index contributed by atoms with van der Waals surface area (Å²) < 4.78 is 10.8. The number of allylic oxidation sites excluding steroid dienone is 1. The first-order chi connectivity index (χ1) is 14.7. The van der Waals surface area contributed by atoms with E-state index in [1.165, 1.54) is 0 Å². The van der Waals surface area contributed by atoms with Crippen LogP contribution in [0.2, 0.25) is 0 Å². The van der Waals surface area contributed by atoms with Crippen molar-refractivity contribution in [3.63, 3.8) is 0 Å². The molecular weight excluding hydrogens is 386 g/mol. The molecule has 0 radical (unpaired) electrons. The van der Waals surface area contributed by atoms with Crippen molar-refractivity contribution >= 4 is 29.7 Å². The number of carbonyl (C=O) groups excluding carboxylic acids is 1. The summed E-state index contributed by atoms with van der Waals surface area (Å²) in [5.74, 6) is 2.46. The minimum absolute atomic E-state index is 0.173. The average Bonchev–Trinajstić information content (AvgIpc) is 3.50. The molecule has 6 unspecified atom stereocenters. The Morgan fingerprint density at radius 3 is 3.00 bits per heavy atom. The van der Waals surface area contributed by atoms with Crippen molar-refractivity contribution in [1.29, 1.82) is 0 Å². The molecule has 5 aliphatic rings. The third-order valence-electron chi connectivity index (χ3n) is 6.25. The number of anilines is 1. The molecular formula is C20H21N7O3. The van der Waals surface area contributed by atoms with Gasteiger partial charge in [-0.2, -0.15) is 0 Å². The van der Waals surface area contributed by atoms with Crippen LogP contribution in [0, 0.1) is 17.8 Å². The Bertz CT molecular complexity index is 1030. The summed E-state index contributed by atoms with van der Waals surface area (Å²) in [6.07, 6.45) is 6.48. The number of fused-ring (bicyclic) bond motifs is 4. The van der Waals surface area contributed by atoms with Crippen LogP contribution in [-0.2, 0) is 4.79 Å². The smallest absolute Gasteiger partial charge is 0.231 e. The number of guanidine groups is 1. The van der Waals surface area contributed by atoms with Crippen LogP contribution in [0.3, 0.4) is 0 Å². The fraction of sp³-hybridized carbons (Fsp3) is 0.400. The molecule has 3 heterocycles. The number of benzene rings is 1. The van der Waals surface area contributed by atoms with E-state index in [0.29, 0.717) is 23.3 Å². The molecule has 6 atom stereocenters. The molecule has 10 nitrogen and oxygen atoms in total. The normalized spacial score (nSPS) is 35.7. The summed E-state index contributed by atoms with van der Waals surface area (Å²) in [5.41, 5.74) is 6.50. The molecule has 10 heteroatoms. The van der Waals surface area contributed by atoms with Crippen molar-refractivity contribution in [2.75, 3.05) is 12.1 Å². The molecule has 1 aromatic carbocycles. The maximum Gasteiger partial charge on any atom is 0.231 e. The van der Waals surface area contributed by atoms with E-state index in [1.54, 1.807) is 6.34 Å². The molecule has 1 saturated carbocycles. The summed E-state index contributed by atoms with van der Waals surface area (Å²) in [6, 6.07) is 5.23. The molecule has 5 N–H and O–H groups in total. The number of rotatable bonds is 3. The number of amides is 1. The van der Waals surface area contributed by atoms with Crippen LogP contribution in [0.15, 0.2) is 45.3 Å². The zero-order valence-corrected chi connectivity index (χ0v) is 16.0. The van der Waals surface area contributed by atoms with E-state index >= 15 is 0 Å². The number of nitrogens with one attached hydrogen (secondary N) is 3. The predicted molar refractivity (Wildman–Crippen MR) is 111 cm³/mol. The molecule has 0 aromatic heterocycles. The predicted octanol–water partition coefficient (Wildman–Crippen LogP) is 0.187. The Labute approximate surface area is 172 Å². The van der Waals surface area contributed by atoms with E-state index in [0.717, 1.165) is 12.1 Å². The molecule has 1 aromatic rings. The monoisotopic (exact) mass is 407 g/mol. The first kappa shape index (κ1) is 17.3. The minimum Gasteiger partial charge on any atom is -0.454 e. The molecule has 1 amide bonds. The fourth-order valence-electron chi connectivity index (χ4n) is 4.86. The first-order valence-corrected chi connectivity index (χ1v) is 10.0. The van der Waals surface area contributed by atoms with Gasteiger partial charge in [-0.3, -0.25) is 9.79 Å². The van der Waals surface area contributed by atoms with Crippen molar-refractivity contribution in [2.45, 2.75) is 24.7 Å². The van der Waals surface area contributed by atoms with Gasteiger partial charge in [0.1, 0.15) is 11.9 Å². The lowest BCUT2D eigenvalue weighted by atomic mass is 9.88. The lowest BCUT2D eigenvalue weighted by Gasteiger charge is -2.29. The molecule has 2 aliphatic carbocycles. The fourth-order valence-corrected chi connectivity index (χ4v) is 4.86. The molecule has 154 valence electrons. The largest absolute Gasteiger partial charge is 0.454 e. The van der Waals surface area contributed by atoms with Gasteiger partial charge in [0.05, 0.1) is 18.3 Å². The van der Waals surface area contributed by atoms with Gasteiger partial charge in [-0.05, 0) is 24.5 Å². The molecule has 0 saturated heterocycles. The van der Waals surface area contributed by atoms with E-state index in [4.69, 9.17) is 20.2 Å². The van der Waals surface area contributed by atoms with Gasteiger partial charge in [-0.1, -0.05) is 12.2 Å². The third kappa shape index (κ3) is 2.71. The minimum atomic E-state index is -0.331. The Hall–Kier alpha value is -3.56. The number of nitrogens with zero attached hydrogens (tertiary/aromatic N) is 3. The summed E-state index contributed by atoms with van der Waals surface area (Å²) in [6.45, 7) is 0.220. The number of nitrogens with two attached hydrogens (primary N) is 1. The summed E-state index contributed by atoms with van der Waals surface area (Å²) in [4.78, 5) is 26.1. The average molecular weight is 407 g/mol. The topological polar surface area (TPSA) is 135 Å². The highest BCUT2D eigenvalue weighted by Gasteiger charge is 2.48. The maximum absolute atomic E-state index is 12.1. The van der Waals surface area contributed by atoms with Gasteiger partial charge in [0.25, 0.3) is 0 Å². The number of hydrogen-bond donors (Lipinski definition) is 4. The molecule has 1 fully saturated rings. The molecule has 30 heavy (non-hydrogen) atoms. The van der Waals surface area contributed by atoms with Gasteiger partial charge >= 0.3 is 0 Å². The number of aliphatic imine (C=N–C) groups is 3. The van der Waals surface area contributed by atoms with Crippen LogP contribution < -0.4 is 31.2 Å². The number of amidine groups is 1. The summed E-state index contributed by atoms with van der Waals surface area (Å²) >= 11 is 0. The number of carbonyl (C=O) groups is 1. The van der Waals surface area contributed by atoms with Crippen molar-refractivity contribution < 1.29 is 14.3 Å². The zero-order valence-electron chi connectivity index (χ0n) is 16.0. The van der Waals surface area contributed by atoms with Crippen molar-refractivity contribution in [3.05, 3.63) is 30.4 Å². The second-order valence-electron chi connectivity index (χ2n) is 8.01. The van der Waals surface area contributed by atoms with Gasteiger partial charge in [-0.25, -0.2) is 9.98 Å². The SMILES string of the molecule is NC(=O)C1C2C=CC(C2)C1N=C1NC(Nc2ccc3c(c2)OCO3)=NC2N=CNC12. The van der Waals surface area contributed by atoms with E-state index in [1.807, 2.05) is 18.2 Å². The van der Waals surface area contributed by atoms with Crippen molar-refractivity contribution in [3.8, 4) is 11.5 Å². The highest BCUT2D eigenvalue weighted by atomic mass is 16.7. The highest BCUT2D eigenvalue weighted by Crippen LogP contribution is 2.45. The molecule has 2 bridgehead atoms. The molecule has 0 spiro atoms. The Kier molecular flexibility index (Phi) is 3.74. The quantitative estimate of drug-likeness (QED) is 0.528. The van der Waals surface area contributed by atoms with Crippen LogP contribution in [-0.4, -0.2) is 49.1 Å². The molecule has 3 aliphatic heterocycles. The lowest BCUT2D eigenvalue weighted by molar-refractivity contribution is -0.122. The lowest BCUT2D eigenvalue weighted by Crippen LogP contribution is -2.55. The van der Waals surface area contributed by atoms with Crippen LogP contribution in [0.25, 0.3) is 0 Å². The first-order valence-electron chi connectivity index (χ1n) is 10.0. The second-order valence-corrected chi connectivity index (χ2v) is 8.01. The van der Waals surface area contributed by atoms with E-state index in [9.17, 15) is 4.79 Å². The summed E-state index contributed by atoms with van der Waals surface area (Å²) in [5, 5.41) is 9.74. The number of ether oxygens (including phenoxy) is 2. The van der Waals surface area contributed by atoms with Crippen molar-refractivity contribution in [1.82, 2.24) is 10.6 Å². The Morgan fingerprint density at radius 2 is 2.10 bits per heavy atom. The van der Waals surface area contributed by atoms with Gasteiger partial charge in [0.2, 0.25) is 18.7 Å². The van der Waals surface area contributed by atoms with Crippen LogP contribution in [0.1, 0.15) is 6.42 Å². The third-order valence-corrected chi connectivity index (χ3v) is 6.25. The second kappa shape index (κ2) is 6.48. The molecule has 6 rings (SSSR count). The maximum atomic E-state index is 12.1. The summed E-state index contributed by atoms with van der Waals surface area (Å²) in [7, 11) is 0. The Balaban J connectivity index is 1.28.